The van der Waals surface area contributed by atoms with E-state index in [1.54, 1.807) is 34.0 Å². The average Bonchev–Trinajstić information content (AvgIpc) is 3.10. The number of carboxylic acid groups (broad SMARTS) is 1. The van der Waals surface area contributed by atoms with Gasteiger partial charge in [-0.15, -0.1) is 0 Å². The summed E-state index contributed by atoms with van der Waals surface area (Å²) in [6.45, 7) is 5.66. The van der Waals surface area contributed by atoms with E-state index in [1.807, 2.05) is 6.07 Å². The van der Waals surface area contributed by atoms with Gasteiger partial charge in [-0.25, -0.2) is 14.6 Å². The van der Waals surface area contributed by atoms with E-state index in [1.165, 1.54) is 24.1 Å². The first-order valence-electron chi connectivity index (χ1n) is 9.43. The lowest BCUT2D eigenvalue weighted by atomic mass is 10.0. The zero-order valence-corrected chi connectivity index (χ0v) is 18.1. The van der Waals surface area contributed by atoms with Gasteiger partial charge in [-0.3, -0.25) is 4.68 Å². The number of nitrogens with zero attached hydrogens (tertiary/aromatic N) is 4. The first kappa shape index (κ1) is 23.6. The number of carbonyl (C=O) groups excluding carboxylic acids is 1. The second-order valence-electron chi connectivity index (χ2n) is 7.78. The molecule has 0 saturated carbocycles. The molecule has 0 saturated heterocycles. The van der Waals surface area contributed by atoms with Gasteiger partial charge < -0.3 is 25.2 Å². The topological polar surface area (TPSA) is 151 Å². The molecule has 0 aromatic carbocycles. The second kappa shape index (κ2) is 9.90. The summed E-state index contributed by atoms with van der Waals surface area (Å²) in [4.78, 5) is 28.2. The van der Waals surface area contributed by atoms with Gasteiger partial charge in [0.2, 0.25) is 0 Å². The molecule has 2 aromatic heterocycles. The highest BCUT2D eigenvalue weighted by atomic mass is 16.6. The summed E-state index contributed by atoms with van der Waals surface area (Å²) >= 11 is 0. The van der Waals surface area contributed by atoms with Crippen LogP contribution in [0.5, 0.6) is 0 Å². The number of hydrogen-bond acceptors (Lipinski definition) is 8. The maximum Gasteiger partial charge on any atom is 0.408 e. The van der Waals surface area contributed by atoms with Crippen LogP contribution < -0.4 is 10.6 Å². The molecule has 3 N–H and O–H groups in total. The third-order valence-corrected chi connectivity index (χ3v) is 3.95. The van der Waals surface area contributed by atoms with Crippen molar-refractivity contribution in [1.82, 2.24) is 20.1 Å². The Kier molecular flexibility index (Phi) is 7.55. The van der Waals surface area contributed by atoms with Crippen LogP contribution in [0.1, 0.15) is 36.7 Å². The van der Waals surface area contributed by atoms with E-state index in [2.05, 4.69) is 20.7 Å². The monoisotopic (exact) mass is 430 g/mol. The minimum atomic E-state index is -1.27. The average molecular weight is 430 g/mol. The van der Waals surface area contributed by atoms with Crippen molar-refractivity contribution in [3.8, 4) is 17.3 Å². The van der Waals surface area contributed by atoms with Crippen molar-refractivity contribution in [2.45, 2.75) is 32.4 Å². The molecular formula is C20H26N6O5. The number of hydrogen-bond donors (Lipinski definition) is 3. The molecule has 11 heteroatoms. The molecule has 0 spiro atoms. The number of carboxylic acids is 1. The van der Waals surface area contributed by atoms with Gasteiger partial charge >= 0.3 is 12.1 Å². The van der Waals surface area contributed by atoms with Crippen molar-refractivity contribution in [2.24, 2.45) is 7.05 Å². The van der Waals surface area contributed by atoms with E-state index in [0.717, 1.165) is 0 Å². The number of rotatable bonds is 8. The fourth-order valence-electron chi connectivity index (χ4n) is 2.75. The number of carbonyl (C=O) groups is 2. The Labute approximate surface area is 180 Å². The lowest BCUT2D eigenvalue weighted by molar-refractivity contribution is 0.0474. The molecule has 0 aliphatic rings. The van der Waals surface area contributed by atoms with Crippen LogP contribution in [0, 0.1) is 11.3 Å². The summed E-state index contributed by atoms with van der Waals surface area (Å²) in [6.07, 6.45) is 2.48. The van der Waals surface area contributed by atoms with Gasteiger partial charge in [-0.2, -0.15) is 10.4 Å². The third-order valence-electron chi connectivity index (χ3n) is 3.95. The number of aromatic carboxylic acids is 1. The molecule has 0 radical (unpaired) electrons. The number of aromatic nitrogens is 3. The zero-order chi connectivity index (χ0) is 23.2. The van der Waals surface area contributed by atoms with E-state index < -0.39 is 23.7 Å². The lowest BCUT2D eigenvalue weighted by Crippen LogP contribution is -2.45. The number of nitriles is 1. The van der Waals surface area contributed by atoms with E-state index in [0.29, 0.717) is 5.56 Å². The number of anilines is 1. The Morgan fingerprint density at radius 3 is 2.61 bits per heavy atom. The van der Waals surface area contributed by atoms with Gasteiger partial charge in [0.05, 0.1) is 30.1 Å². The van der Waals surface area contributed by atoms with Crippen LogP contribution in [-0.2, 0) is 16.5 Å². The first-order chi connectivity index (χ1) is 14.5. The summed E-state index contributed by atoms with van der Waals surface area (Å²) in [5.74, 6) is -0.995. The van der Waals surface area contributed by atoms with Crippen LogP contribution in [0.25, 0.3) is 11.3 Å². The van der Waals surface area contributed by atoms with E-state index in [4.69, 9.17) is 9.47 Å². The van der Waals surface area contributed by atoms with E-state index in [-0.39, 0.29) is 35.8 Å². The van der Waals surface area contributed by atoms with Crippen molar-refractivity contribution in [2.75, 3.05) is 25.6 Å². The number of aryl methyl sites for hydroxylation is 1. The van der Waals surface area contributed by atoms with Crippen molar-refractivity contribution < 1.29 is 24.2 Å². The lowest BCUT2D eigenvalue weighted by Gasteiger charge is -2.23. The van der Waals surface area contributed by atoms with Gasteiger partial charge in [0, 0.05) is 32.5 Å². The summed E-state index contributed by atoms with van der Waals surface area (Å²) < 4.78 is 11.9. The summed E-state index contributed by atoms with van der Waals surface area (Å²) in [6, 6.07) is 2.79. The number of alkyl carbamates (subject to hydrolysis) is 1. The van der Waals surface area contributed by atoms with Crippen LogP contribution in [0.15, 0.2) is 18.5 Å². The molecule has 0 aliphatic carbocycles. The minimum Gasteiger partial charge on any atom is -0.478 e. The SMILES string of the molecule is COCC(CNc1cc(C#N)c(C(=O)O)c(-c2cnn(C)c2)n1)NC(=O)OC(C)(C)C. The second-order valence-corrected chi connectivity index (χ2v) is 7.78. The molecular weight excluding hydrogens is 404 g/mol. The fraction of sp³-hybridized carbons (Fsp3) is 0.450. The van der Waals surface area contributed by atoms with Crippen molar-refractivity contribution in [3.05, 3.63) is 29.6 Å². The molecule has 2 aromatic rings. The predicted molar refractivity (Wildman–Crippen MR) is 112 cm³/mol. The van der Waals surface area contributed by atoms with Crippen LogP contribution >= 0.6 is 0 Å². The van der Waals surface area contributed by atoms with Crippen LogP contribution in [0.4, 0.5) is 10.6 Å². The Morgan fingerprint density at radius 2 is 2.10 bits per heavy atom. The number of ether oxygens (including phenoxy) is 2. The van der Waals surface area contributed by atoms with Gasteiger partial charge in [0.1, 0.15) is 23.1 Å². The molecule has 31 heavy (non-hydrogen) atoms. The van der Waals surface area contributed by atoms with Crippen molar-refractivity contribution in [3.63, 3.8) is 0 Å². The quantitative estimate of drug-likeness (QED) is 0.571. The molecule has 2 heterocycles. The highest BCUT2D eigenvalue weighted by Crippen LogP contribution is 2.26. The molecule has 11 nitrogen and oxygen atoms in total. The first-order valence-corrected chi connectivity index (χ1v) is 9.43. The largest absolute Gasteiger partial charge is 0.478 e. The highest BCUT2D eigenvalue weighted by Gasteiger charge is 2.23. The predicted octanol–water partition coefficient (Wildman–Crippen LogP) is 2.00. The molecule has 0 fully saturated rings. The molecule has 0 bridgehead atoms. The molecule has 166 valence electrons. The fourth-order valence-corrected chi connectivity index (χ4v) is 2.75. The third kappa shape index (κ3) is 6.68. The number of pyridine rings is 1. The highest BCUT2D eigenvalue weighted by molar-refractivity contribution is 5.97. The minimum absolute atomic E-state index is 0.0488. The molecule has 1 amide bonds. The maximum absolute atomic E-state index is 12.1. The number of amides is 1. The van der Waals surface area contributed by atoms with Gasteiger partial charge in [-0.05, 0) is 26.8 Å². The standard InChI is InChI=1S/C20H26N6O5/c1-20(2,3)31-19(29)24-14(11-30-5)9-22-15-6-12(7-21)16(18(27)28)17(25-15)13-8-23-26(4)10-13/h6,8,10,14H,9,11H2,1-5H3,(H,22,25)(H,24,29)(H,27,28). The Balaban J connectivity index is 2.28. The Hall–Kier alpha value is -3.65. The molecule has 1 unspecified atom stereocenters. The smallest absolute Gasteiger partial charge is 0.408 e. The van der Waals surface area contributed by atoms with Gasteiger partial charge in [0.25, 0.3) is 0 Å². The van der Waals surface area contributed by atoms with Gasteiger partial charge in [-0.1, -0.05) is 0 Å². The van der Waals surface area contributed by atoms with Crippen molar-refractivity contribution in [1.29, 1.82) is 5.26 Å². The summed E-state index contributed by atoms with van der Waals surface area (Å²) in [5.41, 5.74) is -0.330. The van der Waals surface area contributed by atoms with E-state index >= 15 is 0 Å². The summed E-state index contributed by atoms with van der Waals surface area (Å²) in [5, 5.41) is 28.8. The van der Waals surface area contributed by atoms with E-state index in [9.17, 15) is 20.0 Å². The van der Waals surface area contributed by atoms with Gasteiger partial charge in [0.15, 0.2) is 0 Å². The normalized spacial score (nSPS) is 12.0. The number of methoxy groups -OCH3 is 1. The Morgan fingerprint density at radius 1 is 1.39 bits per heavy atom. The summed E-state index contributed by atoms with van der Waals surface area (Å²) in [7, 11) is 3.19. The van der Waals surface area contributed by atoms with Crippen LogP contribution in [0.2, 0.25) is 0 Å². The Bertz CT molecular complexity index is 989. The molecule has 2 rings (SSSR count). The molecule has 1 atom stereocenters. The zero-order valence-electron chi connectivity index (χ0n) is 18.1. The van der Waals surface area contributed by atoms with Crippen LogP contribution in [0.3, 0.4) is 0 Å². The molecule has 0 aliphatic heterocycles. The maximum atomic E-state index is 12.1. The van der Waals surface area contributed by atoms with Crippen LogP contribution in [-0.4, -0.2) is 63.8 Å². The number of nitrogens with one attached hydrogen (secondary N) is 2. The van der Waals surface area contributed by atoms with Crippen molar-refractivity contribution >= 4 is 17.9 Å².